The van der Waals surface area contributed by atoms with E-state index < -0.39 is 0 Å². The molecular formula is C14H22. The third-order valence-corrected chi connectivity index (χ3v) is 2.01. The molecule has 78 valence electrons. The minimum Gasteiger partial charge on any atom is -0.0874 e. The van der Waals surface area contributed by atoms with E-state index in [0.29, 0.717) is 0 Å². The van der Waals surface area contributed by atoms with Crippen molar-refractivity contribution in [3.8, 4) is 0 Å². The standard InChI is InChI=1S/C14H22/c1-5-9-13(8-4)12-14(10-6-2)11-7-3/h5-6,8-11H,7,12H2,1-4H3/b9-5-,10-6-,13-8+,14-11+. The first-order chi connectivity index (χ1) is 6.78. The molecule has 14 heavy (non-hydrogen) atoms. The van der Waals surface area contributed by atoms with Crippen molar-refractivity contribution < 1.29 is 0 Å². The van der Waals surface area contributed by atoms with Gasteiger partial charge < -0.3 is 0 Å². The molecule has 0 unspecified atom stereocenters. The van der Waals surface area contributed by atoms with E-state index in [-0.39, 0.29) is 0 Å². The Morgan fingerprint density at radius 3 is 1.93 bits per heavy atom. The molecule has 0 aromatic carbocycles. The van der Waals surface area contributed by atoms with Crippen LogP contribution in [0.2, 0.25) is 0 Å². The molecule has 0 aliphatic rings. The van der Waals surface area contributed by atoms with Gasteiger partial charge in [0.15, 0.2) is 0 Å². The lowest BCUT2D eigenvalue weighted by atomic mass is 10.0. The summed E-state index contributed by atoms with van der Waals surface area (Å²) in [5, 5.41) is 0. The van der Waals surface area contributed by atoms with Gasteiger partial charge in [0.05, 0.1) is 0 Å². The van der Waals surface area contributed by atoms with Crippen molar-refractivity contribution in [1.29, 1.82) is 0 Å². The maximum Gasteiger partial charge on any atom is -0.00324 e. The van der Waals surface area contributed by atoms with Gasteiger partial charge in [-0.25, -0.2) is 0 Å². The summed E-state index contributed by atoms with van der Waals surface area (Å²) in [7, 11) is 0. The molecule has 0 spiro atoms. The van der Waals surface area contributed by atoms with Crippen LogP contribution in [0.15, 0.2) is 47.6 Å². The molecule has 0 bridgehead atoms. The monoisotopic (exact) mass is 190 g/mol. The minimum absolute atomic E-state index is 1.04. The number of hydrogen-bond donors (Lipinski definition) is 0. The minimum atomic E-state index is 1.04. The van der Waals surface area contributed by atoms with Gasteiger partial charge in [0.25, 0.3) is 0 Å². The van der Waals surface area contributed by atoms with Gasteiger partial charge >= 0.3 is 0 Å². The van der Waals surface area contributed by atoms with E-state index in [9.17, 15) is 0 Å². The Hall–Kier alpha value is -1.04. The molecule has 0 saturated heterocycles. The van der Waals surface area contributed by atoms with Gasteiger partial charge in [0.1, 0.15) is 0 Å². The fraction of sp³-hybridized carbons (Fsp3) is 0.429. The lowest BCUT2D eigenvalue weighted by Gasteiger charge is -2.03. The maximum atomic E-state index is 2.28. The van der Waals surface area contributed by atoms with Crippen LogP contribution in [0.1, 0.15) is 40.5 Å². The second-order valence-corrected chi connectivity index (χ2v) is 3.23. The van der Waals surface area contributed by atoms with Crippen LogP contribution in [0.5, 0.6) is 0 Å². The zero-order valence-electron chi connectivity index (χ0n) is 9.88. The molecule has 0 rings (SSSR count). The summed E-state index contributed by atoms with van der Waals surface area (Å²) in [4.78, 5) is 0. The van der Waals surface area contributed by atoms with Gasteiger partial charge in [-0.05, 0) is 44.8 Å². The van der Waals surface area contributed by atoms with Crippen LogP contribution in [0.3, 0.4) is 0 Å². The Kier molecular flexibility index (Phi) is 7.92. The molecule has 0 amide bonds. The summed E-state index contributed by atoms with van der Waals surface area (Å²) in [6, 6.07) is 0. The first-order valence-electron chi connectivity index (χ1n) is 5.38. The summed E-state index contributed by atoms with van der Waals surface area (Å²) < 4.78 is 0. The summed E-state index contributed by atoms with van der Waals surface area (Å²) in [5.74, 6) is 0. The zero-order valence-corrected chi connectivity index (χ0v) is 9.88. The average molecular weight is 190 g/mol. The van der Waals surface area contributed by atoms with Crippen LogP contribution < -0.4 is 0 Å². The molecule has 0 aromatic rings. The molecule has 0 N–H and O–H groups in total. The molecule has 0 nitrogen and oxygen atoms in total. The quantitative estimate of drug-likeness (QED) is 0.546. The van der Waals surface area contributed by atoms with Crippen LogP contribution in [-0.4, -0.2) is 0 Å². The lowest BCUT2D eigenvalue weighted by Crippen LogP contribution is -1.83. The summed E-state index contributed by atoms with van der Waals surface area (Å²) in [6.45, 7) is 8.39. The number of rotatable bonds is 5. The van der Waals surface area contributed by atoms with Crippen LogP contribution in [-0.2, 0) is 0 Å². The Morgan fingerprint density at radius 1 is 0.929 bits per heavy atom. The topological polar surface area (TPSA) is 0 Å². The summed E-state index contributed by atoms with van der Waals surface area (Å²) in [5.41, 5.74) is 2.78. The lowest BCUT2D eigenvalue weighted by molar-refractivity contribution is 1.13. The van der Waals surface area contributed by atoms with Crippen LogP contribution >= 0.6 is 0 Å². The Bertz CT molecular complexity index is 249. The first-order valence-corrected chi connectivity index (χ1v) is 5.38. The fourth-order valence-electron chi connectivity index (χ4n) is 1.38. The predicted octanol–water partition coefficient (Wildman–Crippen LogP) is 4.81. The van der Waals surface area contributed by atoms with Crippen LogP contribution in [0, 0.1) is 0 Å². The van der Waals surface area contributed by atoms with E-state index in [1.807, 2.05) is 0 Å². The summed E-state index contributed by atoms with van der Waals surface area (Å²) >= 11 is 0. The van der Waals surface area contributed by atoms with Gasteiger partial charge in [-0.2, -0.15) is 0 Å². The highest BCUT2D eigenvalue weighted by Gasteiger charge is 1.94. The van der Waals surface area contributed by atoms with Crippen molar-refractivity contribution in [2.75, 3.05) is 0 Å². The molecule has 0 atom stereocenters. The third-order valence-electron chi connectivity index (χ3n) is 2.01. The maximum absolute atomic E-state index is 2.28. The number of allylic oxidation sites excluding steroid dienone is 8. The molecule has 0 fully saturated rings. The van der Waals surface area contributed by atoms with E-state index in [2.05, 4.69) is 64.2 Å². The Balaban J connectivity index is 4.50. The first kappa shape index (κ1) is 13.0. The smallest absolute Gasteiger partial charge is 0.00324 e. The van der Waals surface area contributed by atoms with Crippen molar-refractivity contribution in [2.24, 2.45) is 0 Å². The molecule has 0 heteroatoms. The van der Waals surface area contributed by atoms with Crippen molar-refractivity contribution in [3.63, 3.8) is 0 Å². The van der Waals surface area contributed by atoms with E-state index in [4.69, 9.17) is 0 Å². The second-order valence-electron chi connectivity index (χ2n) is 3.23. The average Bonchev–Trinajstić information content (AvgIpc) is 2.18. The fourth-order valence-corrected chi connectivity index (χ4v) is 1.38. The summed E-state index contributed by atoms with van der Waals surface area (Å²) in [6.07, 6.45) is 15.2. The van der Waals surface area contributed by atoms with E-state index in [0.717, 1.165) is 12.8 Å². The molecule has 0 aromatic heterocycles. The SMILES string of the molecule is C/C=C\C(=C/C)CC(/C=C\C)=C/CC. The van der Waals surface area contributed by atoms with Crippen molar-refractivity contribution in [2.45, 2.75) is 40.5 Å². The van der Waals surface area contributed by atoms with Crippen molar-refractivity contribution in [1.82, 2.24) is 0 Å². The van der Waals surface area contributed by atoms with Crippen LogP contribution in [0.25, 0.3) is 0 Å². The predicted molar refractivity (Wildman–Crippen MR) is 66.4 cm³/mol. The van der Waals surface area contributed by atoms with E-state index in [1.54, 1.807) is 0 Å². The largest absolute Gasteiger partial charge is 0.0874 e. The molecule has 0 radical (unpaired) electrons. The molecule has 0 aliphatic carbocycles. The third kappa shape index (κ3) is 5.58. The van der Waals surface area contributed by atoms with Crippen molar-refractivity contribution >= 4 is 0 Å². The highest BCUT2D eigenvalue weighted by molar-refractivity contribution is 5.30. The normalized spacial score (nSPS) is 14.6. The van der Waals surface area contributed by atoms with Gasteiger partial charge in [-0.3, -0.25) is 0 Å². The molecular weight excluding hydrogens is 168 g/mol. The van der Waals surface area contributed by atoms with Crippen molar-refractivity contribution in [3.05, 3.63) is 47.6 Å². The zero-order chi connectivity index (χ0) is 10.8. The van der Waals surface area contributed by atoms with E-state index in [1.165, 1.54) is 11.1 Å². The van der Waals surface area contributed by atoms with Gasteiger partial charge in [-0.15, -0.1) is 0 Å². The highest BCUT2D eigenvalue weighted by atomic mass is 14.0. The Labute approximate surface area is 88.7 Å². The molecule has 0 aliphatic heterocycles. The highest BCUT2D eigenvalue weighted by Crippen LogP contribution is 2.14. The Morgan fingerprint density at radius 2 is 1.50 bits per heavy atom. The molecule has 0 heterocycles. The van der Waals surface area contributed by atoms with Crippen LogP contribution in [0.4, 0.5) is 0 Å². The number of hydrogen-bond acceptors (Lipinski definition) is 0. The van der Waals surface area contributed by atoms with E-state index >= 15 is 0 Å². The van der Waals surface area contributed by atoms with Gasteiger partial charge in [0, 0.05) is 0 Å². The molecule has 0 saturated carbocycles. The van der Waals surface area contributed by atoms with Gasteiger partial charge in [-0.1, -0.05) is 43.4 Å². The second kappa shape index (κ2) is 8.55. The van der Waals surface area contributed by atoms with Gasteiger partial charge in [0.2, 0.25) is 0 Å².